The monoisotopic (exact) mass is 261 g/mol. The molecule has 1 atom stereocenters. The van der Waals surface area contributed by atoms with Crippen LogP contribution in [-0.2, 0) is 9.53 Å². The van der Waals surface area contributed by atoms with Crippen LogP contribution in [0.3, 0.4) is 0 Å². The highest BCUT2D eigenvalue weighted by Crippen LogP contribution is 2.30. The minimum absolute atomic E-state index is 0.144. The third-order valence-electron chi connectivity index (χ3n) is 4.11. The fraction of sp³-hybridized carbons (Fsp3) is 0.562. The molecule has 3 nitrogen and oxygen atoms in total. The number of nitrogens with zero attached hydrogens (tertiary/aromatic N) is 1. The number of ether oxygens (including phenoxy) is 1. The minimum atomic E-state index is -0.144. The van der Waals surface area contributed by atoms with E-state index in [4.69, 9.17) is 4.74 Å². The Kier molecular flexibility index (Phi) is 4.97. The molecule has 0 aromatic heterocycles. The number of rotatable bonds is 5. The second kappa shape index (κ2) is 6.71. The van der Waals surface area contributed by atoms with Gasteiger partial charge in [0.1, 0.15) is 0 Å². The minimum Gasteiger partial charge on any atom is -0.468 e. The zero-order valence-corrected chi connectivity index (χ0v) is 11.8. The summed E-state index contributed by atoms with van der Waals surface area (Å²) in [5.74, 6) is -0.144. The van der Waals surface area contributed by atoms with Gasteiger partial charge in [-0.3, -0.25) is 9.69 Å². The van der Waals surface area contributed by atoms with Crippen LogP contribution in [0.15, 0.2) is 30.3 Å². The van der Waals surface area contributed by atoms with Crippen molar-refractivity contribution in [3.8, 4) is 0 Å². The van der Waals surface area contributed by atoms with Gasteiger partial charge >= 0.3 is 5.97 Å². The molecule has 1 aromatic carbocycles. The van der Waals surface area contributed by atoms with Crippen molar-refractivity contribution in [3.63, 3.8) is 0 Å². The van der Waals surface area contributed by atoms with E-state index >= 15 is 0 Å². The van der Waals surface area contributed by atoms with Gasteiger partial charge in [-0.15, -0.1) is 0 Å². The first-order valence-corrected chi connectivity index (χ1v) is 7.10. The molecular weight excluding hydrogens is 238 g/mol. The Hall–Kier alpha value is -1.35. The molecule has 104 valence electrons. The first-order chi connectivity index (χ1) is 9.22. The van der Waals surface area contributed by atoms with Crippen LogP contribution in [0.5, 0.6) is 0 Å². The van der Waals surface area contributed by atoms with Crippen molar-refractivity contribution in [1.29, 1.82) is 0 Å². The third kappa shape index (κ3) is 3.57. The maximum atomic E-state index is 11.7. The maximum absolute atomic E-state index is 11.7. The quantitative estimate of drug-likeness (QED) is 0.762. The Balaban J connectivity index is 2.13. The first kappa shape index (κ1) is 14.1. The van der Waals surface area contributed by atoms with Crippen LogP contribution in [0.4, 0.5) is 0 Å². The van der Waals surface area contributed by atoms with Gasteiger partial charge in [0.05, 0.1) is 13.7 Å². The molecule has 1 fully saturated rings. The molecule has 0 heterocycles. The Bertz CT molecular complexity index is 398. The lowest BCUT2D eigenvalue weighted by atomic mass is 10.0. The third-order valence-corrected chi connectivity index (χ3v) is 4.11. The zero-order chi connectivity index (χ0) is 13.7. The van der Waals surface area contributed by atoms with Gasteiger partial charge in [-0.2, -0.15) is 0 Å². The van der Waals surface area contributed by atoms with E-state index in [1.54, 1.807) is 0 Å². The van der Waals surface area contributed by atoms with E-state index in [2.05, 4.69) is 36.1 Å². The molecule has 0 radical (unpaired) electrons. The van der Waals surface area contributed by atoms with Crippen molar-refractivity contribution in [3.05, 3.63) is 35.9 Å². The molecule has 0 saturated heterocycles. The number of benzene rings is 1. The van der Waals surface area contributed by atoms with Crippen LogP contribution in [-0.4, -0.2) is 30.6 Å². The highest BCUT2D eigenvalue weighted by atomic mass is 16.5. The summed E-state index contributed by atoms with van der Waals surface area (Å²) < 4.78 is 4.85. The van der Waals surface area contributed by atoms with E-state index in [-0.39, 0.29) is 12.0 Å². The average molecular weight is 261 g/mol. The molecule has 0 amide bonds. The van der Waals surface area contributed by atoms with Gasteiger partial charge in [0.25, 0.3) is 0 Å². The number of hydrogen-bond acceptors (Lipinski definition) is 3. The van der Waals surface area contributed by atoms with Crippen molar-refractivity contribution in [2.75, 3.05) is 13.7 Å². The number of carbonyl (C=O) groups is 1. The van der Waals surface area contributed by atoms with Gasteiger partial charge in [-0.05, 0) is 25.3 Å². The Morgan fingerprint density at radius 3 is 2.53 bits per heavy atom. The second-order valence-electron chi connectivity index (χ2n) is 5.27. The van der Waals surface area contributed by atoms with Crippen LogP contribution in [0.25, 0.3) is 0 Å². The summed E-state index contributed by atoms with van der Waals surface area (Å²) in [4.78, 5) is 14.0. The van der Waals surface area contributed by atoms with E-state index in [0.29, 0.717) is 12.6 Å². The molecule has 0 spiro atoms. The van der Waals surface area contributed by atoms with Crippen molar-refractivity contribution in [1.82, 2.24) is 4.90 Å². The summed E-state index contributed by atoms with van der Waals surface area (Å²) in [6, 6.07) is 11.1. The normalized spacial score (nSPS) is 17.6. The number of carbonyl (C=O) groups excluding carboxylic acids is 1. The summed E-state index contributed by atoms with van der Waals surface area (Å²) in [5, 5.41) is 0. The molecule has 1 saturated carbocycles. The van der Waals surface area contributed by atoms with Crippen LogP contribution >= 0.6 is 0 Å². The predicted octanol–water partition coefficient (Wildman–Crippen LogP) is 3.17. The molecule has 0 aliphatic heterocycles. The van der Waals surface area contributed by atoms with Gasteiger partial charge in [0, 0.05) is 12.1 Å². The number of hydrogen-bond donors (Lipinski definition) is 0. The average Bonchev–Trinajstić information content (AvgIpc) is 2.98. The maximum Gasteiger partial charge on any atom is 0.319 e. The summed E-state index contributed by atoms with van der Waals surface area (Å²) >= 11 is 0. The van der Waals surface area contributed by atoms with Crippen LogP contribution < -0.4 is 0 Å². The van der Waals surface area contributed by atoms with Gasteiger partial charge in [0.15, 0.2) is 0 Å². The summed E-state index contributed by atoms with van der Waals surface area (Å²) in [6.45, 7) is 2.56. The molecule has 3 heteroatoms. The Morgan fingerprint density at radius 2 is 1.95 bits per heavy atom. The highest BCUT2D eigenvalue weighted by Gasteiger charge is 2.29. The van der Waals surface area contributed by atoms with Crippen molar-refractivity contribution >= 4 is 5.97 Å². The molecule has 2 rings (SSSR count). The van der Waals surface area contributed by atoms with E-state index in [1.807, 2.05) is 6.07 Å². The van der Waals surface area contributed by atoms with Crippen molar-refractivity contribution in [2.45, 2.75) is 44.7 Å². The topological polar surface area (TPSA) is 29.5 Å². The van der Waals surface area contributed by atoms with Crippen LogP contribution in [0.1, 0.15) is 44.2 Å². The van der Waals surface area contributed by atoms with E-state index < -0.39 is 0 Å². The lowest BCUT2D eigenvalue weighted by Gasteiger charge is -2.33. The highest BCUT2D eigenvalue weighted by molar-refractivity contribution is 5.71. The predicted molar refractivity (Wildman–Crippen MR) is 75.8 cm³/mol. The standard InChI is InChI=1S/C16H23NO2/c1-13(14-8-4-3-5-9-14)17(12-16(18)19-2)15-10-6-7-11-15/h3-5,8-9,13,15H,6-7,10-12H2,1-2H3. The Morgan fingerprint density at radius 1 is 1.32 bits per heavy atom. The van der Waals surface area contributed by atoms with E-state index in [0.717, 1.165) is 0 Å². The van der Waals surface area contributed by atoms with Crippen molar-refractivity contribution < 1.29 is 9.53 Å². The van der Waals surface area contributed by atoms with Crippen LogP contribution in [0.2, 0.25) is 0 Å². The summed E-state index contributed by atoms with van der Waals surface area (Å²) in [7, 11) is 1.46. The lowest BCUT2D eigenvalue weighted by molar-refractivity contribution is -0.143. The molecule has 1 aliphatic carbocycles. The summed E-state index contributed by atoms with van der Waals surface area (Å²) in [5.41, 5.74) is 1.26. The van der Waals surface area contributed by atoms with Crippen molar-refractivity contribution in [2.24, 2.45) is 0 Å². The molecule has 1 aromatic rings. The Labute approximate surface area is 115 Å². The fourth-order valence-corrected chi connectivity index (χ4v) is 2.95. The molecule has 1 aliphatic rings. The second-order valence-corrected chi connectivity index (χ2v) is 5.27. The SMILES string of the molecule is COC(=O)CN(C1CCCC1)C(C)c1ccccc1. The van der Waals surface area contributed by atoms with E-state index in [1.165, 1.54) is 38.4 Å². The molecule has 1 unspecified atom stereocenters. The molecule has 0 bridgehead atoms. The van der Waals surface area contributed by atoms with Crippen LogP contribution in [0, 0.1) is 0 Å². The zero-order valence-electron chi connectivity index (χ0n) is 11.8. The fourth-order valence-electron chi connectivity index (χ4n) is 2.95. The number of esters is 1. The molecule has 0 N–H and O–H groups in total. The van der Waals surface area contributed by atoms with Gasteiger partial charge < -0.3 is 4.74 Å². The number of methoxy groups -OCH3 is 1. The lowest BCUT2D eigenvalue weighted by Crippen LogP contribution is -2.39. The van der Waals surface area contributed by atoms with Gasteiger partial charge in [-0.1, -0.05) is 43.2 Å². The van der Waals surface area contributed by atoms with E-state index in [9.17, 15) is 4.79 Å². The smallest absolute Gasteiger partial charge is 0.319 e. The molecular formula is C16H23NO2. The summed E-state index contributed by atoms with van der Waals surface area (Å²) in [6.07, 6.45) is 4.91. The van der Waals surface area contributed by atoms with Gasteiger partial charge in [-0.25, -0.2) is 0 Å². The molecule has 19 heavy (non-hydrogen) atoms. The van der Waals surface area contributed by atoms with Gasteiger partial charge in [0.2, 0.25) is 0 Å². The largest absolute Gasteiger partial charge is 0.468 e. The first-order valence-electron chi connectivity index (χ1n) is 7.10.